The normalized spacial score (nSPS) is 12.1. The number of anilines is 1. The average molecular weight is 367 g/mol. The van der Waals surface area contributed by atoms with E-state index in [4.69, 9.17) is 16.9 Å². The van der Waals surface area contributed by atoms with E-state index in [9.17, 15) is 22.8 Å². The molecule has 1 atom stereocenters. The summed E-state index contributed by atoms with van der Waals surface area (Å²) >= 11 is 5.79. The number of carbonyl (C=O) groups is 2. The minimum atomic E-state index is -4.58. The lowest BCUT2D eigenvalue weighted by Gasteiger charge is -2.11. The van der Waals surface area contributed by atoms with Crippen molar-refractivity contribution >= 4 is 29.0 Å². The molecule has 8 heteroatoms. The van der Waals surface area contributed by atoms with Gasteiger partial charge in [-0.3, -0.25) is 9.59 Å². The number of alkyl halides is 3. The standard InChI is InChI=1S/C17H10ClF3N2O2/c18-12-5-1-3-10(7-12)14(9-22)15(24)16(25)23-13-6-2-4-11(8-13)17(19,20)21/h1-8,14H,(H,23,25)/t14-/m0/s1. The third-order valence-corrected chi connectivity index (χ3v) is 3.48. The number of nitrogens with zero attached hydrogens (tertiary/aromatic N) is 1. The Kier molecular flexibility index (Phi) is 5.45. The van der Waals surface area contributed by atoms with Gasteiger partial charge in [0.25, 0.3) is 5.91 Å². The number of Topliss-reactive ketones (excluding diaryl/α,β-unsaturated/α-hetero) is 1. The fourth-order valence-electron chi connectivity index (χ4n) is 2.07. The molecule has 0 fully saturated rings. The molecule has 0 aliphatic rings. The molecule has 0 aliphatic heterocycles. The van der Waals surface area contributed by atoms with Gasteiger partial charge in [0.15, 0.2) is 0 Å². The monoisotopic (exact) mass is 366 g/mol. The Labute approximate surface area is 145 Å². The van der Waals surface area contributed by atoms with E-state index in [-0.39, 0.29) is 16.3 Å². The van der Waals surface area contributed by atoms with Crippen molar-refractivity contribution in [3.05, 3.63) is 64.7 Å². The quantitative estimate of drug-likeness (QED) is 0.825. The topological polar surface area (TPSA) is 70.0 Å². The molecule has 0 saturated carbocycles. The number of carbonyl (C=O) groups excluding carboxylic acids is 2. The number of halogens is 4. The molecule has 0 aliphatic carbocycles. The summed E-state index contributed by atoms with van der Waals surface area (Å²) in [5, 5.41) is 11.5. The highest BCUT2D eigenvalue weighted by atomic mass is 35.5. The van der Waals surface area contributed by atoms with Crippen LogP contribution in [-0.2, 0) is 15.8 Å². The first-order valence-corrected chi connectivity index (χ1v) is 7.27. The Balaban J connectivity index is 2.20. The van der Waals surface area contributed by atoms with E-state index in [1.165, 1.54) is 30.3 Å². The van der Waals surface area contributed by atoms with Gasteiger partial charge >= 0.3 is 6.18 Å². The van der Waals surface area contributed by atoms with Crippen LogP contribution in [-0.4, -0.2) is 11.7 Å². The Morgan fingerprint density at radius 1 is 1.12 bits per heavy atom. The van der Waals surface area contributed by atoms with Crippen molar-refractivity contribution in [1.29, 1.82) is 5.26 Å². The van der Waals surface area contributed by atoms with Crippen molar-refractivity contribution in [3.63, 3.8) is 0 Å². The molecule has 0 heterocycles. The number of nitrogens with one attached hydrogen (secondary N) is 1. The molecule has 2 aromatic carbocycles. The molecule has 0 saturated heterocycles. The zero-order valence-electron chi connectivity index (χ0n) is 12.5. The molecule has 0 radical (unpaired) electrons. The van der Waals surface area contributed by atoms with Crippen LogP contribution in [0.15, 0.2) is 48.5 Å². The molecule has 25 heavy (non-hydrogen) atoms. The maximum atomic E-state index is 12.7. The number of hydrogen-bond donors (Lipinski definition) is 1. The van der Waals surface area contributed by atoms with Crippen LogP contribution in [0, 0.1) is 11.3 Å². The fourth-order valence-corrected chi connectivity index (χ4v) is 2.27. The highest BCUT2D eigenvalue weighted by Gasteiger charge is 2.31. The zero-order chi connectivity index (χ0) is 18.6. The predicted molar refractivity (Wildman–Crippen MR) is 84.9 cm³/mol. The fraction of sp³-hybridized carbons (Fsp3) is 0.118. The highest BCUT2D eigenvalue weighted by Crippen LogP contribution is 2.30. The van der Waals surface area contributed by atoms with E-state index in [0.717, 1.165) is 12.1 Å². The molecule has 4 nitrogen and oxygen atoms in total. The summed E-state index contributed by atoms with van der Waals surface area (Å²) in [7, 11) is 0. The zero-order valence-corrected chi connectivity index (χ0v) is 13.2. The molecule has 1 amide bonds. The summed E-state index contributed by atoms with van der Waals surface area (Å²) in [4.78, 5) is 24.2. The van der Waals surface area contributed by atoms with Gasteiger partial charge in [-0.25, -0.2) is 0 Å². The van der Waals surface area contributed by atoms with Crippen molar-refractivity contribution in [2.24, 2.45) is 0 Å². The number of nitriles is 1. The maximum Gasteiger partial charge on any atom is 0.416 e. The molecule has 0 unspecified atom stereocenters. The van der Waals surface area contributed by atoms with E-state index in [1.54, 1.807) is 6.07 Å². The highest BCUT2D eigenvalue weighted by molar-refractivity contribution is 6.43. The minimum Gasteiger partial charge on any atom is -0.319 e. The van der Waals surface area contributed by atoms with Crippen LogP contribution in [0.4, 0.5) is 18.9 Å². The Morgan fingerprint density at radius 3 is 2.40 bits per heavy atom. The van der Waals surface area contributed by atoms with E-state index < -0.39 is 29.3 Å². The summed E-state index contributed by atoms with van der Waals surface area (Å²) in [5.41, 5.74) is -0.945. The van der Waals surface area contributed by atoms with E-state index in [1.807, 2.05) is 0 Å². The molecule has 2 aromatic rings. The van der Waals surface area contributed by atoms with Gasteiger partial charge in [0, 0.05) is 10.7 Å². The molecular formula is C17H10ClF3N2O2. The van der Waals surface area contributed by atoms with Gasteiger partial charge in [-0.1, -0.05) is 29.8 Å². The van der Waals surface area contributed by atoms with Crippen molar-refractivity contribution in [1.82, 2.24) is 0 Å². The van der Waals surface area contributed by atoms with Crippen molar-refractivity contribution in [2.45, 2.75) is 12.1 Å². The second-order valence-corrected chi connectivity index (χ2v) is 5.45. The van der Waals surface area contributed by atoms with Crippen LogP contribution >= 0.6 is 11.6 Å². The van der Waals surface area contributed by atoms with Crippen LogP contribution in [0.1, 0.15) is 17.0 Å². The predicted octanol–water partition coefficient (Wildman–Crippen LogP) is 4.17. The first kappa shape index (κ1) is 18.5. The number of ketones is 1. The average Bonchev–Trinajstić information content (AvgIpc) is 2.55. The number of amides is 1. The van der Waals surface area contributed by atoms with Gasteiger partial charge in [-0.15, -0.1) is 0 Å². The second kappa shape index (κ2) is 7.36. The molecule has 0 bridgehead atoms. The Hall–Kier alpha value is -2.85. The summed E-state index contributed by atoms with van der Waals surface area (Å²) in [6.45, 7) is 0. The van der Waals surface area contributed by atoms with Gasteiger partial charge in [0.1, 0.15) is 5.92 Å². The number of benzene rings is 2. The number of hydrogen-bond acceptors (Lipinski definition) is 3. The largest absolute Gasteiger partial charge is 0.416 e. The maximum absolute atomic E-state index is 12.7. The Morgan fingerprint density at radius 2 is 1.80 bits per heavy atom. The summed E-state index contributed by atoms with van der Waals surface area (Å²) < 4.78 is 38.0. The molecule has 2 rings (SSSR count). The lowest BCUT2D eigenvalue weighted by atomic mass is 9.95. The van der Waals surface area contributed by atoms with Crippen LogP contribution in [0.25, 0.3) is 0 Å². The van der Waals surface area contributed by atoms with E-state index in [2.05, 4.69) is 5.32 Å². The molecule has 128 valence electrons. The van der Waals surface area contributed by atoms with Gasteiger partial charge in [0.2, 0.25) is 5.78 Å². The lowest BCUT2D eigenvalue weighted by Crippen LogP contribution is -2.28. The first-order chi connectivity index (χ1) is 11.7. The van der Waals surface area contributed by atoms with Crippen molar-refractivity contribution < 1.29 is 22.8 Å². The SMILES string of the molecule is N#C[C@H](C(=O)C(=O)Nc1cccc(C(F)(F)F)c1)c1cccc(Cl)c1. The summed E-state index contributed by atoms with van der Waals surface area (Å²) in [5.74, 6) is -3.70. The van der Waals surface area contributed by atoms with E-state index in [0.29, 0.717) is 6.07 Å². The number of rotatable bonds is 4. The molecule has 0 aromatic heterocycles. The second-order valence-electron chi connectivity index (χ2n) is 5.01. The van der Waals surface area contributed by atoms with Crippen molar-refractivity contribution in [2.75, 3.05) is 5.32 Å². The first-order valence-electron chi connectivity index (χ1n) is 6.90. The van der Waals surface area contributed by atoms with Gasteiger partial charge in [0.05, 0.1) is 11.6 Å². The third-order valence-electron chi connectivity index (χ3n) is 3.24. The molecule has 1 N–H and O–H groups in total. The van der Waals surface area contributed by atoms with Crippen LogP contribution in [0.5, 0.6) is 0 Å². The van der Waals surface area contributed by atoms with Crippen LogP contribution in [0.3, 0.4) is 0 Å². The van der Waals surface area contributed by atoms with Gasteiger partial charge in [-0.2, -0.15) is 18.4 Å². The van der Waals surface area contributed by atoms with Gasteiger partial charge in [-0.05, 0) is 35.9 Å². The van der Waals surface area contributed by atoms with Crippen LogP contribution < -0.4 is 5.32 Å². The third kappa shape index (κ3) is 4.58. The minimum absolute atomic E-state index is 0.198. The van der Waals surface area contributed by atoms with E-state index >= 15 is 0 Å². The van der Waals surface area contributed by atoms with Gasteiger partial charge < -0.3 is 5.32 Å². The summed E-state index contributed by atoms with van der Waals surface area (Å²) in [6.07, 6.45) is -4.58. The van der Waals surface area contributed by atoms with Crippen molar-refractivity contribution in [3.8, 4) is 6.07 Å². The summed E-state index contributed by atoms with van der Waals surface area (Å²) in [6, 6.07) is 11.4. The Bertz CT molecular complexity index is 859. The molecular weight excluding hydrogens is 357 g/mol. The molecule has 0 spiro atoms. The van der Waals surface area contributed by atoms with Crippen LogP contribution in [0.2, 0.25) is 5.02 Å². The smallest absolute Gasteiger partial charge is 0.319 e. The lowest BCUT2D eigenvalue weighted by molar-refractivity contribution is -0.137.